The van der Waals surface area contributed by atoms with Crippen molar-refractivity contribution >= 4 is 23.5 Å². The Labute approximate surface area is 148 Å². The Hall–Kier alpha value is -2.37. The Kier molecular flexibility index (Phi) is 6.98. The predicted octanol–water partition coefficient (Wildman–Crippen LogP) is 2.90. The van der Waals surface area contributed by atoms with Gasteiger partial charge in [0.15, 0.2) is 0 Å². The van der Waals surface area contributed by atoms with Crippen molar-refractivity contribution in [3.8, 4) is 0 Å². The molecule has 0 aromatic heterocycles. The first-order valence-corrected chi connectivity index (χ1v) is 8.85. The quantitative estimate of drug-likeness (QED) is 0.674. The topological polar surface area (TPSA) is 95.5 Å². The first-order valence-electron chi connectivity index (χ1n) is 8.85. The van der Waals surface area contributed by atoms with Gasteiger partial charge in [-0.05, 0) is 37.0 Å². The summed E-state index contributed by atoms with van der Waals surface area (Å²) in [4.78, 5) is 34.6. The van der Waals surface area contributed by atoms with Crippen molar-refractivity contribution in [2.75, 3.05) is 11.9 Å². The molecule has 1 aliphatic carbocycles. The molecule has 0 radical (unpaired) electrons. The van der Waals surface area contributed by atoms with Gasteiger partial charge in [0.2, 0.25) is 11.8 Å². The standard InChI is InChI=1S/C19H26N2O4/c1-13(19(24)25)15-7-9-16(10-8-15)21-18(23)12-20-17(22)11-6-14-4-2-3-5-14/h7-10,13-14H,2-6,11-12H2,1H3,(H,20,22)(H,21,23)(H,24,25). The SMILES string of the molecule is CC(C(=O)O)c1ccc(NC(=O)CNC(=O)CCC2CCCC2)cc1. The van der Waals surface area contributed by atoms with Crippen LogP contribution in [0.15, 0.2) is 24.3 Å². The maximum Gasteiger partial charge on any atom is 0.310 e. The van der Waals surface area contributed by atoms with E-state index in [4.69, 9.17) is 5.11 Å². The van der Waals surface area contributed by atoms with Crippen LogP contribution in [-0.2, 0) is 14.4 Å². The monoisotopic (exact) mass is 346 g/mol. The fourth-order valence-corrected chi connectivity index (χ4v) is 3.10. The van der Waals surface area contributed by atoms with Crippen molar-refractivity contribution in [3.63, 3.8) is 0 Å². The number of carboxylic acid groups (broad SMARTS) is 1. The number of anilines is 1. The Bertz CT molecular complexity index is 606. The molecule has 1 aromatic rings. The van der Waals surface area contributed by atoms with E-state index in [1.54, 1.807) is 31.2 Å². The van der Waals surface area contributed by atoms with Gasteiger partial charge in [-0.1, -0.05) is 37.8 Å². The molecule has 2 amide bonds. The first kappa shape index (κ1) is 19.0. The molecule has 2 rings (SSSR count). The average Bonchev–Trinajstić information content (AvgIpc) is 3.11. The summed E-state index contributed by atoms with van der Waals surface area (Å²) in [6.45, 7) is 1.55. The number of hydrogen-bond acceptors (Lipinski definition) is 3. The Morgan fingerprint density at radius 2 is 1.76 bits per heavy atom. The van der Waals surface area contributed by atoms with Gasteiger partial charge in [-0.3, -0.25) is 14.4 Å². The second kappa shape index (κ2) is 9.20. The smallest absolute Gasteiger partial charge is 0.310 e. The third-order valence-corrected chi connectivity index (χ3v) is 4.77. The van der Waals surface area contributed by atoms with E-state index in [2.05, 4.69) is 10.6 Å². The number of carboxylic acids is 1. The zero-order chi connectivity index (χ0) is 18.2. The van der Waals surface area contributed by atoms with E-state index in [1.165, 1.54) is 25.7 Å². The van der Waals surface area contributed by atoms with Crippen LogP contribution in [0.25, 0.3) is 0 Å². The highest BCUT2D eigenvalue weighted by Crippen LogP contribution is 2.28. The van der Waals surface area contributed by atoms with E-state index in [1.807, 2.05) is 0 Å². The van der Waals surface area contributed by atoms with Gasteiger partial charge < -0.3 is 15.7 Å². The maximum absolute atomic E-state index is 11.9. The van der Waals surface area contributed by atoms with Crippen molar-refractivity contribution in [2.24, 2.45) is 5.92 Å². The van der Waals surface area contributed by atoms with Crippen LogP contribution >= 0.6 is 0 Å². The third-order valence-electron chi connectivity index (χ3n) is 4.77. The lowest BCUT2D eigenvalue weighted by Gasteiger charge is -2.10. The van der Waals surface area contributed by atoms with Crippen LogP contribution in [0.2, 0.25) is 0 Å². The minimum absolute atomic E-state index is 0.0587. The fraction of sp³-hybridized carbons (Fsp3) is 0.526. The van der Waals surface area contributed by atoms with Crippen molar-refractivity contribution in [1.82, 2.24) is 5.32 Å². The lowest BCUT2D eigenvalue weighted by atomic mass is 10.0. The van der Waals surface area contributed by atoms with Crippen LogP contribution in [0, 0.1) is 5.92 Å². The number of amides is 2. The van der Waals surface area contributed by atoms with E-state index >= 15 is 0 Å². The molecule has 3 N–H and O–H groups in total. The minimum Gasteiger partial charge on any atom is -0.481 e. The molecule has 0 spiro atoms. The van der Waals surface area contributed by atoms with Gasteiger partial charge >= 0.3 is 5.97 Å². The van der Waals surface area contributed by atoms with Crippen LogP contribution in [0.1, 0.15) is 56.9 Å². The summed E-state index contributed by atoms with van der Waals surface area (Å²) in [6.07, 6.45) is 6.32. The molecule has 1 atom stereocenters. The van der Waals surface area contributed by atoms with Gasteiger partial charge in [-0.15, -0.1) is 0 Å². The maximum atomic E-state index is 11.9. The normalized spacial score (nSPS) is 15.6. The molecule has 0 saturated heterocycles. The summed E-state index contributed by atoms with van der Waals surface area (Å²) in [5, 5.41) is 14.3. The molecule has 6 heteroatoms. The largest absolute Gasteiger partial charge is 0.481 e. The molecule has 1 aliphatic rings. The molecule has 0 aliphatic heterocycles. The summed E-state index contributed by atoms with van der Waals surface area (Å²) in [5.41, 5.74) is 1.25. The van der Waals surface area contributed by atoms with Gasteiger partial charge in [0.1, 0.15) is 0 Å². The number of aliphatic carboxylic acids is 1. The fourth-order valence-electron chi connectivity index (χ4n) is 3.10. The zero-order valence-corrected chi connectivity index (χ0v) is 14.6. The Balaban J connectivity index is 1.70. The molecule has 25 heavy (non-hydrogen) atoms. The molecular weight excluding hydrogens is 320 g/mol. The molecule has 0 heterocycles. The van der Waals surface area contributed by atoms with Gasteiger partial charge in [0.05, 0.1) is 12.5 Å². The van der Waals surface area contributed by atoms with E-state index < -0.39 is 11.9 Å². The summed E-state index contributed by atoms with van der Waals surface area (Å²) in [5.74, 6) is -1.21. The molecular formula is C19H26N2O4. The zero-order valence-electron chi connectivity index (χ0n) is 14.6. The Morgan fingerprint density at radius 3 is 2.36 bits per heavy atom. The van der Waals surface area contributed by atoms with Crippen molar-refractivity contribution < 1.29 is 19.5 Å². The van der Waals surface area contributed by atoms with Gasteiger partial charge in [-0.25, -0.2) is 0 Å². The summed E-state index contributed by atoms with van der Waals surface area (Å²) < 4.78 is 0. The number of benzene rings is 1. The van der Waals surface area contributed by atoms with Crippen LogP contribution in [0.3, 0.4) is 0 Å². The molecule has 1 unspecified atom stereocenters. The van der Waals surface area contributed by atoms with Crippen LogP contribution in [0.4, 0.5) is 5.69 Å². The van der Waals surface area contributed by atoms with Crippen LogP contribution in [-0.4, -0.2) is 29.4 Å². The molecule has 1 saturated carbocycles. The van der Waals surface area contributed by atoms with Gasteiger partial charge in [0.25, 0.3) is 0 Å². The number of hydrogen-bond donors (Lipinski definition) is 3. The highest BCUT2D eigenvalue weighted by atomic mass is 16.4. The Morgan fingerprint density at radius 1 is 1.12 bits per heavy atom. The molecule has 136 valence electrons. The van der Waals surface area contributed by atoms with Crippen molar-refractivity contribution in [3.05, 3.63) is 29.8 Å². The second-order valence-electron chi connectivity index (χ2n) is 6.70. The van der Waals surface area contributed by atoms with E-state index in [0.29, 0.717) is 23.6 Å². The van der Waals surface area contributed by atoms with E-state index in [9.17, 15) is 14.4 Å². The number of carbonyl (C=O) groups is 3. The van der Waals surface area contributed by atoms with Crippen LogP contribution < -0.4 is 10.6 Å². The van der Waals surface area contributed by atoms with E-state index in [-0.39, 0.29) is 18.4 Å². The predicted molar refractivity (Wildman–Crippen MR) is 95.3 cm³/mol. The highest BCUT2D eigenvalue weighted by Gasteiger charge is 2.16. The second-order valence-corrected chi connectivity index (χ2v) is 6.70. The molecule has 6 nitrogen and oxygen atoms in total. The summed E-state index contributed by atoms with van der Waals surface area (Å²) in [6, 6.07) is 6.67. The number of rotatable bonds is 8. The molecule has 1 aromatic carbocycles. The lowest BCUT2D eigenvalue weighted by molar-refractivity contribution is -0.138. The number of carbonyl (C=O) groups excluding carboxylic acids is 2. The van der Waals surface area contributed by atoms with Gasteiger partial charge in [0, 0.05) is 12.1 Å². The average molecular weight is 346 g/mol. The highest BCUT2D eigenvalue weighted by molar-refractivity contribution is 5.94. The van der Waals surface area contributed by atoms with Crippen LogP contribution in [0.5, 0.6) is 0 Å². The number of nitrogens with one attached hydrogen (secondary N) is 2. The van der Waals surface area contributed by atoms with Crippen molar-refractivity contribution in [1.29, 1.82) is 0 Å². The molecule has 0 bridgehead atoms. The van der Waals surface area contributed by atoms with Gasteiger partial charge in [-0.2, -0.15) is 0 Å². The van der Waals surface area contributed by atoms with E-state index in [0.717, 1.165) is 6.42 Å². The van der Waals surface area contributed by atoms with Crippen molar-refractivity contribution in [2.45, 2.75) is 51.4 Å². The summed E-state index contributed by atoms with van der Waals surface area (Å²) in [7, 11) is 0. The first-order chi connectivity index (χ1) is 12.0. The minimum atomic E-state index is -0.892. The third kappa shape index (κ3) is 6.21. The molecule has 1 fully saturated rings. The summed E-state index contributed by atoms with van der Waals surface area (Å²) >= 11 is 0. The lowest BCUT2D eigenvalue weighted by Crippen LogP contribution is -2.32.